The molecule has 0 aliphatic rings. The third kappa shape index (κ3) is 4.48. The fourth-order valence-corrected chi connectivity index (χ4v) is 3.37. The van der Waals surface area contributed by atoms with Gasteiger partial charge in [-0.1, -0.05) is 30.3 Å². The Morgan fingerprint density at radius 3 is 2.50 bits per heavy atom. The maximum atomic E-state index is 12.9. The zero-order valence-electron chi connectivity index (χ0n) is 17.5. The molecule has 0 radical (unpaired) electrons. The quantitative estimate of drug-likeness (QED) is 0.478. The molecule has 0 aliphatic carbocycles. The first-order chi connectivity index (χ1) is 14.3. The second-order valence-corrected chi connectivity index (χ2v) is 7.33. The zero-order valence-corrected chi connectivity index (χ0v) is 17.5. The number of benzene rings is 2. The largest absolute Gasteiger partial charge is 0.377 e. The number of nitrogens with zero attached hydrogens (tertiary/aromatic N) is 4. The van der Waals surface area contributed by atoms with Gasteiger partial charge in [0.2, 0.25) is 0 Å². The minimum Gasteiger partial charge on any atom is -0.377 e. The SMILES string of the molecule is Cc1nn(Cc2ccccc2)c(C)c1CNC(=O)c1cc([N+](=O)[O-])ccc1N(C)C. The molecule has 1 N–H and O–H groups in total. The number of hydrogen-bond donors (Lipinski definition) is 1. The van der Waals surface area contributed by atoms with Gasteiger partial charge in [0.15, 0.2) is 0 Å². The molecule has 3 aromatic rings. The molecule has 1 aromatic heterocycles. The normalized spacial score (nSPS) is 10.7. The Labute approximate surface area is 175 Å². The van der Waals surface area contributed by atoms with Crippen LogP contribution in [0.1, 0.15) is 32.9 Å². The standard InChI is InChI=1S/C22H25N5O3/c1-15-20(16(2)26(24-15)14-17-8-6-5-7-9-17)13-23-22(28)19-12-18(27(29)30)10-11-21(19)25(3)4/h5-12H,13-14H2,1-4H3,(H,23,28). The van der Waals surface area contributed by atoms with Crippen molar-refractivity contribution in [1.82, 2.24) is 15.1 Å². The second-order valence-electron chi connectivity index (χ2n) is 7.33. The minimum atomic E-state index is -0.502. The number of amides is 1. The molecular weight excluding hydrogens is 382 g/mol. The van der Waals surface area contributed by atoms with Gasteiger partial charge >= 0.3 is 0 Å². The number of anilines is 1. The van der Waals surface area contributed by atoms with Crippen molar-refractivity contribution in [2.75, 3.05) is 19.0 Å². The summed E-state index contributed by atoms with van der Waals surface area (Å²) < 4.78 is 1.92. The Hall–Kier alpha value is -3.68. The predicted molar refractivity (Wildman–Crippen MR) is 116 cm³/mol. The molecule has 0 saturated heterocycles. The fraction of sp³-hybridized carbons (Fsp3) is 0.273. The number of hydrogen-bond acceptors (Lipinski definition) is 5. The summed E-state index contributed by atoms with van der Waals surface area (Å²) in [5, 5.41) is 18.6. The molecular formula is C22H25N5O3. The van der Waals surface area contributed by atoms with Crippen LogP contribution in [0.2, 0.25) is 0 Å². The number of nitrogens with one attached hydrogen (secondary N) is 1. The summed E-state index contributed by atoms with van der Waals surface area (Å²) in [5.74, 6) is -0.364. The van der Waals surface area contributed by atoms with E-state index in [1.165, 1.54) is 12.1 Å². The molecule has 2 aromatic carbocycles. The van der Waals surface area contributed by atoms with Gasteiger partial charge in [0.1, 0.15) is 0 Å². The van der Waals surface area contributed by atoms with Crippen molar-refractivity contribution >= 4 is 17.3 Å². The Kier molecular flexibility index (Phi) is 6.15. The van der Waals surface area contributed by atoms with E-state index in [-0.39, 0.29) is 17.2 Å². The Bertz CT molecular complexity index is 1070. The van der Waals surface area contributed by atoms with E-state index in [4.69, 9.17) is 0 Å². The Balaban J connectivity index is 1.80. The van der Waals surface area contributed by atoms with Crippen LogP contribution in [0.3, 0.4) is 0 Å². The third-order valence-corrected chi connectivity index (χ3v) is 5.05. The van der Waals surface area contributed by atoms with E-state index < -0.39 is 4.92 Å². The van der Waals surface area contributed by atoms with Crippen molar-refractivity contribution in [2.24, 2.45) is 0 Å². The topological polar surface area (TPSA) is 93.3 Å². The molecule has 3 rings (SSSR count). The lowest BCUT2D eigenvalue weighted by Crippen LogP contribution is -2.26. The number of non-ortho nitro benzene ring substituents is 1. The number of carbonyl (C=O) groups is 1. The third-order valence-electron chi connectivity index (χ3n) is 5.05. The van der Waals surface area contributed by atoms with Crippen LogP contribution in [0.15, 0.2) is 48.5 Å². The highest BCUT2D eigenvalue weighted by atomic mass is 16.6. The molecule has 30 heavy (non-hydrogen) atoms. The van der Waals surface area contributed by atoms with Crippen LogP contribution < -0.4 is 10.2 Å². The molecule has 0 aliphatic heterocycles. The summed E-state index contributed by atoms with van der Waals surface area (Å²) in [5.41, 5.74) is 4.67. The summed E-state index contributed by atoms with van der Waals surface area (Å²) in [4.78, 5) is 25.2. The van der Waals surface area contributed by atoms with Crippen LogP contribution in [0.5, 0.6) is 0 Å². The van der Waals surface area contributed by atoms with E-state index in [0.29, 0.717) is 18.8 Å². The molecule has 1 amide bonds. The first-order valence-corrected chi connectivity index (χ1v) is 9.58. The van der Waals surface area contributed by atoms with Crippen LogP contribution >= 0.6 is 0 Å². The molecule has 8 heteroatoms. The molecule has 0 spiro atoms. The summed E-state index contributed by atoms with van der Waals surface area (Å²) in [6.45, 7) is 4.83. The molecule has 0 fully saturated rings. The fourth-order valence-electron chi connectivity index (χ4n) is 3.37. The van der Waals surface area contributed by atoms with Crippen molar-refractivity contribution in [3.05, 3.63) is 86.7 Å². The number of rotatable bonds is 7. The monoisotopic (exact) mass is 407 g/mol. The summed E-state index contributed by atoms with van der Waals surface area (Å²) in [6.07, 6.45) is 0. The van der Waals surface area contributed by atoms with Gasteiger partial charge in [-0.2, -0.15) is 5.10 Å². The lowest BCUT2D eigenvalue weighted by molar-refractivity contribution is -0.384. The number of nitro benzene ring substituents is 1. The predicted octanol–water partition coefficient (Wildman–Crippen LogP) is 3.45. The van der Waals surface area contributed by atoms with Gasteiger partial charge < -0.3 is 10.2 Å². The minimum absolute atomic E-state index is 0.117. The number of nitro groups is 1. The van der Waals surface area contributed by atoms with Crippen LogP contribution in [0.4, 0.5) is 11.4 Å². The number of carbonyl (C=O) groups excluding carboxylic acids is 1. The van der Waals surface area contributed by atoms with Gasteiger partial charge in [-0.05, 0) is 25.5 Å². The van der Waals surface area contributed by atoms with Crippen molar-refractivity contribution in [3.8, 4) is 0 Å². The first-order valence-electron chi connectivity index (χ1n) is 9.58. The molecule has 156 valence electrons. The molecule has 0 saturated carbocycles. The highest BCUT2D eigenvalue weighted by Crippen LogP contribution is 2.24. The Morgan fingerprint density at radius 1 is 1.17 bits per heavy atom. The van der Waals surface area contributed by atoms with E-state index in [9.17, 15) is 14.9 Å². The molecule has 0 bridgehead atoms. The van der Waals surface area contributed by atoms with E-state index in [1.54, 1.807) is 25.1 Å². The van der Waals surface area contributed by atoms with E-state index in [2.05, 4.69) is 10.4 Å². The summed E-state index contributed by atoms with van der Waals surface area (Å²) >= 11 is 0. The van der Waals surface area contributed by atoms with Gasteiger partial charge in [-0.15, -0.1) is 0 Å². The molecule has 0 unspecified atom stereocenters. The molecule has 8 nitrogen and oxygen atoms in total. The van der Waals surface area contributed by atoms with E-state index in [0.717, 1.165) is 22.5 Å². The summed E-state index contributed by atoms with van der Waals surface area (Å²) in [7, 11) is 3.58. The van der Waals surface area contributed by atoms with Crippen molar-refractivity contribution in [1.29, 1.82) is 0 Å². The van der Waals surface area contributed by atoms with Crippen molar-refractivity contribution < 1.29 is 9.72 Å². The zero-order chi connectivity index (χ0) is 21.8. The average molecular weight is 407 g/mol. The Morgan fingerprint density at radius 2 is 1.87 bits per heavy atom. The van der Waals surface area contributed by atoms with Gasteiger partial charge in [-0.25, -0.2) is 0 Å². The van der Waals surface area contributed by atoms with Crippen LogP contribution in [0.25, 0.3) is 0 Å². The van der Waals surface area contributed by atoms with E-state index >= 15 is 0 Å². The molecule has 1 heterocycles. The van der Waals surface area contributed by atoms with Crippen LogP contribution in [-0.2, 0) is 13.1 Å². The highest BCUT2D eigenvalue weighted by Gasteiger charge is 2.19. The van der Waals surface area contributed by atoms with Crippen molar-refractivity contribution in [2.45, 2.75) is 26.9 Å². The van der Waals surface area contributed by atoms with Crippen LogP contribution in [-0.4, -0.2) is 34.7 Å². The number of aryl methyl sites for hydroxylation is 1. The maximum Gasteiger partial charge on any atom is 0.270 e. The summed E-state index contributed by atoms with van der Waals surface area (Å²) in [6, 6.07) is 14.3. The average Bonchev–Trinajstić information content (AvgIpc) is 2.98. The molecule has 0 atom stereocenters. The highest BCUT2D eigenvalue weighted by molar-refractivity contribution is 6.00. The lowest BCUT2D eigenvalue weighted by Gasteiger charge is -2.17. The smallest absolute Gasteiger partial charge is 0.270 e. The van der Waals surface area contributed by atoms with Gasteiger partial charge in [-0.3, -0.25) is 19.6 Å². The number of aromatic nitrogens is 2. The first kappa shape index (κ1) is 21.0. The van der Waals surface area contributed by atoms with Gasteiger partial charge in [0.25, 0.3) is 11.6 Å². The maximum absolute atomic E-state index is 12.9. The lowest BCUT2D eigenvalue weighted by atomic mass is 10.1. The van der Waals surface area contributed by atoms with Crippen LogP contribution in [0, 0.1) is 24.0 Å². The second kappa shape index (κ2) is 8.77. The van der Waals surface area contributed by atoms with E-state index in [1.807, 2.05) is 48.9 Å². The van der Waals surface area contributed by atoms with Gasteiger partial charge in [0, 0.05) is 49.7 Å². The van der Waals surface area contributed by atoms with Crippen molar-refractivity contribution in [3.63, 3.8) is 0 Å². The van der Waals surface area contributed by atoms with Gasteiger partial charge in [0.05, 0.1) is 22.7 Å².